The van der Waals surface area contributed by atoms with E-state index in [0.29, 0.717) is 5.13 Å². The molecule has 1 rings (SSSR count). The van der Waals surface area contributed by atoms with Gasteiger partial charge in [0.1, 0.15) is 6.54 Å². The summed E-state index contributed by atoms with van der Waals surface area (Å²) >= 11 is 1.26. The van der Waals surface area contributed by atoms with Crippen molar-refractivity contribution in [2.24, 2.45) is 0 Å². The zero-order valence-corrected chi connectivity index (χ0v) is 12.4. The van der Waals surface area contributed by atoms with Gasteiger partial charge in [-0.05, 0) is 27.3 Å². The lowest BCUT2D eigenvalue weighted by Gasteiger charge is -2.27. The number of nitrogens with one attached hydrogen (secondary N) is 1. The van der Waals surface area contributed by atoms with Crippen LogP contribution in [0.15, 0.2) is 5.38 Å². The molecule has 0 aliphatic heterocycles. The third kappa shape index (κ3) is 4.99. The number of alkyl halides is 3. The standard InChI is InChI=1S/C12H20F3N3S/c1-5-16-9(4)10-6-19-11(17-10)18(8(2)3)7-12(13,14)15/h6,8-9,16H,5,7H2,1-4H3. The zero-order chi connectivity index (χ0) is 14.6. The maximum Gasteiger partial charge on any atom is 0.406 e. The van der Waals surface area contributed by atoms with Crippen molar-refractivity contribution >= 4 is 16.5 Å². The van der Waals surface area contributed by atoms with Crippen LogP contribution in [0.1, 0.15) is 39.4 Å². The fraction of sp³-hybridized carbons (Fsp3) is 0.750. The molecule has 0 aromatic carbocycles. The summed E-state index contributed by atoms with van der Waals surface area (Å²) in [6, 6.07) is -0.190. The monoisotopic (exact) mass is 295 g/mol. The number of aromatic nitrogens is 1. The molecule has 3 nitrogen and oxygen atoms in total. The van der Waals surface area contributed by atoms with Crippen molar-refractivity contribution in [2.45, 2.75) is 46.0 Å². The highest BCUT2D eigenvalue weighted by Crippen LogP contribution is 2.28. The number of halogens is 3. The van der Waals surface area contributed by atoms with Crippen LogP contribution in [0.4, 0.5) is 18.3 Å². The predicted molar refractivity (Wildman–Crippen MR) is 72.7 cm³/mol. The Hall–Kier alpha value is -0.820. The maximum atomic E-state index is 12.6. The molecule has 19 heavy (non-hydrogen) atoms. The Kier molecular flexibility index (Phi) is 5.61. The second kappa shape index (κ2) is 6.56. The lowest BCUT2D eigenvalue weighted by Crippen LogP contribution is -2.39. The van der Waals surface area contributed by atoms with Gasteiger partial charge in [-0.1, -0.05) is 6.92 Å². The predicted octanol–water partition coefficient (Wildman–Crippen LogP) is 3.59. The van der Waals surface area contributed by atoms with Gasteiger partial charge in [-0.2, -0.15) is 13.2 Å². The Balaban J connectivity index is 2.86. The molecule has 110 valence electrons. The fourth-order valence-corrected chi connectivity index (χ4v) is 2.73. The first-order valence-electron chi connectivity index (χ1n) is 6.26. The smallest absolute Gasteiger partial charge is 0.337 e. The largest absolute Gasteiger partial charge is 0.406 e. The number of rotatable bonds is 6. The van der Waals surface area contributed by atoms with Crippen LogP contribution in [0.3, 0.4) is 0 Å². The van der Waals surface area contributed by atoms with Crippen LogP contribution in [-0.4, -0.2) is 30.3 Å². The van der Waals surface area contributed by atoms with Crippen LogP contribution in [0, 0.1) is 0 Å². The minimum atomic E-state index is -4.22. The van der Waals surface area contributed by atoms with Crippen LogP contribution in [-0.2, 0) is 0 Å². The molecule has 0 aliphatic carbocycles. The highest BCUT2D eigenvalue weighted by molar-refractivity contribution is 7.13. The third-order valence-corrected chi connectivity index (χ3v) is 3.58. The molecule has 1 heterocycles. The fourth-order valence-electron chi connectivity index (χ4n) is 1.68. The van der Waals surface area contributed by atoms with Gasteiger partial charge >= 0.3 is 6.18 Å². The minimum absolute atomic E-state index is 0.0508. The van der Waals surface area contributed by atoms with E-state index in [-0.39, 0.29) is 12.1 Å². The average molecular weight is 295 g/mol. The van der Waals surface area contributed by atoms with Gasteiger partial charge in [0.2, 0.25) is 0 Å². The molecule has 1 unspecified atom stereocenters. The number of thiazole rings is 1. The van der Waals surface area contributed by atoms with Crippen LogP contribution in [0.2, 0.25) is 0 Å². The summed E-state index contributed by atoms with van der Waals surface area (Å²) in [5.74, 6) is 0. The molecule has 0 aliphatic rings. The summed E-state index contributed by atoms with van der Waals surface area (Å²) in [7, 11) is 0. The molecular weight excluding hydrogens is 275 g/mol. The first-order chi connectivity index (χ1) is 8.74. The number of nitrogens with zero attached hydrogens (tertiary/aromatic N) is 2. The van der Waals surface area contributed by atoms with Crippen molar-refractivity contribution in [3.05, 3.63) is 11.1 Å². The van der Waals surface area contributed by atoms with Gasteiger partial charge in [0.15, 0.2) is 5.13 Å². The summed E-state index contributed by atoms with van der Waals surface area (Å²) in [6.45, 7) is 7.23. The van der Waals surface area contributed by atoms with E-state index in [1.807, 2.05) is 19.2 Å². The number of hydrogen-bond acceptors (Lipinski definition) is 4. The van der Waals surface area contributed by atoms with E-state index in [1.54, 1.807) is 13.8 Å². The summed E-state index contributed by atoms with van der Waals surface area (Å²) in [6.07, 6.45) is -4.22. The maximum absolute atomic E-state index is 12.6. The van der Waals surface area contributed by atoms with Crippen molar-refractivity contribution in [3.8, 4) is 0 Å². The topological polar surface area (TPSA) is 28.2 Å². The Labute approximate surface area is 115 Å². The van der Waals surface area contributed by atoms with Gasteiger partial charge in [0, 0.05) is 17.5 Å². The molecule has 1 N–H and O–H groups in total. The van der Waals surface area contributed by atoms with E-state index in [1.165, 1.54) is 16.2 Å². The lowest BCUT2D eigenvalue weighted by molar-refractivity contribution is -0.120. The Morgan fingerprint density at radius 3 is 2.47 bits per heavy atom. The average Bonchev–Trinajstić information content (AvgIpc) is 2.73. The second-order valence-corrected chi connectivity index (χ2v) is 5.51. The van der Waals surface area contributed by atoms with E-state index < -0.39 is 12.7 Å². The van der Waals surface area contributed by atoms with Gasteiger partial charge in [-0.15, -0.1) is 11.3 Å². The lowest BCUT2D eigenvalue weighted by atomic mass is 10.2. The van der Waals surface area contributed by atoms with Crippen molar-refractivity contribution < 1.29 is 13.2 Å². The van der Waals surface area contributed by atoms with E-state index in [4.69, 9.17) is 0 Å². The molecule has 7 heteroatoms. The molecule has 0 saturated heterocycles. The Bertz CT molecular complexity index is 390. The summed E-state index contributed by atoms with van der Waals surface area (Å²) in [4.78, 5) is 5.60. The van der Waals surface area contributed by atoms with Crippen LogP contribution >= 0.6 is 11.3 Å². The first-order valence-corrected chi connectivity index (χ1v) is 7.14. The summed E-state index contributed by atoms with van der Waals surface area (Å²) in [5, 5.41) is 5.43. The van der Waals surface area contributed by atoms with Gasteiger partial charge in [-0.3, -0.25) is 0 Å². The molecule has 0 saturated carbocycles. The Morgan fingerprint density at radius 2 is 2.00 bits per heavy atom. The number of anilines is 1. The van der Waals surface area contributed by atoms with E-state index >= 15 is 0 Å². The summed E-state index contributed by atoms with van der Waals surface area (Å²) in [5.41, 5.74) is 0.787. The molecule has 0 fully saturated rings. The molecule has 1 aromatic heterocycles. The Morgan fingerprint density at radius 1 is 1.37 bits per heavy atom. The van der Waals surface area contributed by atoms with Gasteiger partial charge in [0.25, 0.3) is 0 Å². The van der Waals surface area contributed by atoms with Crippen LogP contribution < -0.4 is 10.2 Å². The first kappa shape index (κ1) is 16.2. The zero-order valence-electron chi connectivity index (χ0n) is 11.6. The van der Waals surface area contributed by atoms with Crippen molar-refractivity contribution in [1.82, 2.24) is 10.3 Å². The second-order valence-electron chi connectivity index (χ2n) is 4.67. The van der Waals surface area contributed by atoms with Gasteiger partial charge < -0.3 is 10.2 Å². The molecule has 1 aromatic rings. The molecule has 0 radical (unpaired) electrons. The molecule has 1 atom stereocenters. The van der Waals surface area contributed by atoms with Gasteiger partial charge in [0.05, 0.1) is 5.69 Å². The van der Waals surface area contributed by atoms with E-state index in [2.05, 4.69) is 10.3 Å². The van der Waals surface area contributed by atoms with E-state index in [0.717, 1.165) is 12.2 Å². The SMILES string of the molecule is CCNC(C)c1csc(N(CC(F)(F)F)C(C)C)n1. The van der Waals surface area contributed by atoms with Gasteiger partial charge in [-0.25, -0.2) is 4.98 Å². The van der Waals surface area contributed by atoms with E-state index in [9.17, 15) is 13.2 Å². The minimum Gasteiger partial charge on any atom is -0.337 e. The van der Waals surface area contributed by atoms with Crippen molar-refractivity contribution in [1.29, 1.82) is 0 Å². The third-order valence-electron chi connectivity index (χ3n) is 2.68. The normalized spacial score (nSPS) is 13.9. The highest BCUT2D eigenvalue weighted by Gasteiger charge is 2.33. The van der Waals surface area contributed by atoms with Crippen molar-refractivity contribution in [3.63, 3.8) is 0 Å². The molecule has 0 spiro atoms. The number of hydrogen-bond donors (Lipinski definition) is 1. The summed E-state index contributed by atoms with van der Waals surface area (Å²) < 4.78 is 37.7. The highest BCUT2D eigenvalue weighted by atomic mass is 32.1. The van der Waals surface area contributed by atoms with Crippen LogP contribution in [0.25, 0.3) is 0 Å². The molecule has 0 bridgehead atoms. The molecule has 0 amide bonds. The van der Waals surface area contributed by atoms with Crippen molar-refractivity contribution in [2.75, 3.05) is 18.0 Å². The van der Waals surface area contributed by atoms with Crippen LogP contribution in [0.5, 0.6) is 0 Å². The quantitative estimate of drug-likeness (QED) is 0.869. The molecular formula is C12H20F3N3S.